The summed E-state index contributed by atoms with van der Waals surface area (Å²) >= 11 is 0. The predicted octanol–water partition coefficient (Wildman–Crippen LogP) is 0.587. The van der Waals surface area contributed by atoms with Gasteiger partial charge >= 0.3 is 12.0 Å². The summed E-state index contributed by atoms with van der Waals surface area (Å²) in [6.45, 7) is 1.75. The third-order valence-corrected chi connectivity index (χ3v) is 4.37. The molecule has 2 aliphatic rings. The van der Waals surface area contributed by atoms with Gasteiger partial charge < -0.3 is 20.2 Å². The molecule has 0 spiro atoms. The Bertz CT molecular complexity index is 358. The zero-order valence-corrected chi connectivity index (χ0v) is 11.7. The molecule has 0 unspecified atom stereocenters. The van der Waals surface area contributed by atoms with Gasteiger partial charge in [0, 0.05) is 25.7 Å². The molecule has 1 aliphatic carbocycles. The third kappa shape index (κ3) is 3.18. The van der Waals surface area contributed by atoms with Crippen molar-refractivity contribution in [3.63, 3.8) is 0 Å². The number of nitrogens with zero attached hydrogens (tertiary/aromatic N) is 2. The predicted molar refractivity (Wildman–Crippen MR) is 71.0 cm³/mol. The molecule has 108 valence electrons. The topological polar surface area (TPSA) is 72.9 Å². The first-order valence-corrected chi connectivity index (χ1v) is 6.87. The Morgan fingerprint density at radius 3 is 2.32 bits per heavy atom. The molecule has 1 saturated heterocycles. The highest BCUT2D eigenvalue weighted by Crippen LogP contribution is 2.45. The van der Waals surface area contributed by atoms with Crippen LogP contribution in [-0.4, -0.2) is 66.7 Å². The van der Waals surface area contributed by atoms with E-state index in [0.29, 0.717) is 18.9 Å². The fourth-order valence-electron chi connectivity index (χ4n) is 2.56. The lowest BCUT2D eigenvalue weighted by Gasteiger charge is -2.35. The van der Waals surface area contributed by atoms with Crippen molar-refractivity contribution in [2.75, 3.05) is 33.7 Å². The van der Waals surface area contributed by atoms with Crippen LogP contribution in [-0.2, 0) is 4.79 Å². The van der Waals surface area contributed by atoms with Gasteiger partial charge in [-0.2, -0.15) is 0 Å². The van der Waals surface area contributed by atoms with Crippen molar-refractivity contribution < 1.29 is 14.7 Å². The van der Waals surface area contributed by atoms with Gasteiger partial charge in [-0.1, -0.05) is 0 Å². The van der Waals surface area contributed by atoms with E-state index in [1.54, 1.807) is 4.90 Å². The van der Waals surface area contributed by atoms with Crippen molar-refractivity contribution in [3.05, 3.63) is 0 Å². The van der Waals surface area contributed by atoms with E-state index in [4.69, 9.17) is 5.11 Å². The summed E-state index contributed by atoms with van der Waals surface area (Å²) in [6, 6.07) is 0.419. The molecule has 6 nitrogen and oxygen atoms in total. The number of carbonyl (C=O) groups is 2. The van der Waals surface area contributed by atoms with Gasteiger partial charge in [-0.25, -0.2) is 4.79 Å². The SMILES string of the molecule is CN(C)C1CCN(C(=O)NCC2(C(=O)O)CC2)CC1. The number of likely N-dealkylation sites (tertiary alicyclic amines) is 1. The Labute approximate surface area is 113 Å². The van der Waals surface area contributed by atoms with E-state index >= 15 is 0 Å². The Hall–Kier alpha value is -1.30. The highest BCUT2D eigenvalue weighted by Gasteiger charge is 2.50. The van der Waals surface area contributed by atoms with E-state index in [0.717, 1.165) is 25.9 Å². The van der Waals surface area contributed by atoms with E-state index in [9.17, 15) is 9.59 Å². The van der Waals surface area contributed by atoms with Crippen LogP contribution in [0, 0.1) is 5.41 Å². The van der Waals surface area contributed by atoms with Crippen LogP contribution in [0.25, 0.3) is 0 Å². The molecule has 1 aliphatic heterocycles. The fraction of sp³-hybridized carbons (Fsp3) is 0.846. The zero-order chi connectivity index (χ0) is 14.0. The van der Waals surface area contributed by atoms with Crippen molar-refractivity contribution in [2.45, 2.75) is 31.7 Å². The quantitative estimate of drug-likeness (QED) is 0.783. The molecule has 0 radical (unpaired) electrons. The molecule has 1 saturated carbocycles. The first kappa shape index (κ1) is 14.1. The van der Waals surface area contributed by atoms with Crippen LogP contribution >= 0.6 is 0 Å². The number of hydrogen-bond donors (Lipinski definition) is 2. The van der Waals surface area contributed by atoms with Gasteiger partial charge in [-0.3, -0.25) is 4.79 Å². The Kier molecular flexibility index (Phi) is 3.99. The number of amides is 2. The molecular formula is C13H23N3O3. The van der Waals surface area contributed by atoms with Gasteiger partial charge in [0.1, 0.15) is 0 Å². The summed E-state index contributed by atoms with van der Waals surface area (Å²) < 4.78 is 0. The molecule has 6 heteroatoms. The standard InChI is InChI=1S/C13H23N3O3/c1-15(2)10-3-7-16(8-4-10)12(19)14-9-13(5-6-13)11(17)18/h10H,3-9H2,1-2H3,(H,14,19)(H,17,18). The number of piperidine rings is 1. The van der Waals surface area contributed by atoms with E-state index < -0.39 is 11.4 Å². The van der Waals surface area contributed by atoms with Crippen LogP contribution in [0.1, 0.15) is 25.7 Å². The van der Waals surface area contributed by atoms with Crippen LogP contribution in [0.5, 0.6) is 0 Å². The number of rotatable bonds is 4. The monoisotopic (exact) mass is 269 g/mol. The number of nitrogens with one attached hydrogen (secondary N) is 1. The number of carbonyl (C=O) groups excluding carboxylic acids is 1. The number of urea groups is 1. The molecule has 1 heterocycles. The lowest BCUT2D eigenvalue weighted by Crippen LogP contribution is -2.49. The first-order valence-electron chi connectivity index (χ1n) is 6.87. The van der Waals surface area contributed by atoms with Gasteiger partial charge in [0.25, 0.3) is 0 Å². The van der Waals surface area contributed by atoms with Crippen molar-refractivity contribution in [3.8, 4) is 0 Å². The highest BCUT2D eigenvalue weighted by atomic mass is 16.4. The summed E-state index contributed by atoms with van der Waals surface area (Å²) in [6.07, 6.45) is 3.30. The van der Waals surface area contributed by atoms with Crippen LogP contribution in [0.3, 0.4) is 0 Å². The summed E-state index contributed by atoms with van der Waals surface area (Å²) in [5.41, 5.74) is -0.683. The number of aliphatic carboxylic acids is 1. The van der Waals surface area contributed by atoms with Gasteiger partial charge in [0.2, 0.25) is 0 Å². The molecule has 19 heavy (non-hydrogen) atoms. The van der Waals surface area contributed by atoms with Crippen LogP contribution < -0.4 is 5.32 Å². The van der Waals surface area contributed by atoms with Crippen LogP contribution in [0.15, 0.2) is 0 Å². The number of carboxylic acid groups (broad SMARTS) is 1. The minimum Gasteiger partial charge on any atom is -0.481 e. The smallest absolute Gasteiger partial charge is 0.317 e. The van der Waals surface area contributed by atoms with Crippen molar-refractivity contribution in [2.24, 2.45) is 5.41 Å². The lowest BCUT2D eigenvalue weighted by molar-refractivity contribution is -0.143. The van der Waals surface area contributed by atoms with Crippen LogP contribution in [0.2, 0.25) is 0 Å². The molecule has 0 atom stereocenters. The first-order chi connectivity index (χ1) is 8.94. The molecule has 2 rings (SSSR count). The summed E-state index contributed by atoms with van der Waals surface area (Å²) in [5, 5.41) is 11.8. The van der Waals surface area contributed by atoms with Crippen LogP contribution in [0.4, 0.5) is 4.79 Å². The van der Waals surface area contributed by atoms with Crippen molar-refractivity contribution in [1.29, 1.82) is 0 Å². The molecule has 2 fully saturated rings. The minimum atomic E-state index is -0.792. The molecule has 0 bridgehead atoms. The average molecular weight is 269 g/mol. The summed E-state index contributed by atoms with van der Waals surface area (Å²) in [4.78, 5) is 27.0. The second kappa shape index (κ2) is 5.36. The van der Waals surface area contributed by atoms with Crippen molar-refractivity contribution in [1.82, 2.24) is 15.1 Å². The highest BCUT2D eigenvalue weighted by molar-refractivity contribution is 5.80. The fourth-order valence-corrected chi connectivity index (χ4v) is 2.56. The minimum absolute atomic E-state index is 0.121. The summed E-state index contributed by atoms with van der Waals surface area (Å²) in [7, 11) is 4.12. The number of hydrogen-bond acceptors (Lipinski definition) is 3. The molecule has 0 aromatic heterocycles. The van der Waals surface area contributed by atoms with Crippen molar-refractivity contribution >= 4 is 12.0 Å². The van der Waals surface area contributed by atoms with Gasteiger partial charge in [0.15, 0.2) is 0 Å². The average Bonchev–Trinajstić information content (AvgIpc) is 3.17. The second-order valence-corrected chi connectivity index (χ2v) is 5.93. The normalized spacial score (nSPS) is 22.4. The zero-order valence-electron chi connectivity index (χ0n) is 11.7. The van der Waals surface area contributed by atoms with E-state index in [1.807, 2.05) is 0 Å². The Morgan fingerprint density at radius 1 is 1.32 bits per heavy atom. The number of carboxylic acids is 1. The molecular weight excluding hydrogens is 246 g/mol. The maximum absolute atomic E-state index is 12.0. The third-order valence-electron chi connectivity index (χ3n) is 4.37. The van der Waals surface area contributed by atoms with Gasteiger partial charge in [0.05, 0.1) is 5.41 Å². The van der Waals surface area contributed by atoms with Gasteiger partial charge in [-0.05, 0) is 39.8 Å². The van der Waals surface area contributed by atoms with E-state index in [2.05, 4.69) is 24.3 Å². The molecule has 0 aromatic carbocycles. The molecule has 2 N–H and O–H groups in total. The Balaban J connectivity index is 1.74. The van der Waals surface area contributed by atoms with E-state index in [-0.39, 0.29) is 12.6 Å². The van der Waals surface area contributed by atoms with Gasteiger partial charge in [-0.15, -0.1) is 0 Å². The molecule has 0 aromatic rings. The second-order valence-electron chi connectivity index (χ2n) is 5.93. The van der Waals surface area contributed by atoms with E-state index in [1.165, 1.54) is 0 Å². The molecule has 2 amide bonds. The maximum atomic E-state index is 12.0. The maximum Gasteiger partial charge on any atom is 0.317 e. The largest absolute Gasteiger partial charge is 0.481 e. The lowest BCUT2D eigenvalue weighted by atomic mass is 10.0. The Morgan fingerprint density at radius 2 is 1.89 bits per heavy atom. The summed E-state index contributed by atoms with van der Waals surface area (Å²) in [5.74, 6) is -0.792.